The van der Waals surface area contributed by atoms with Crippen molar-refractivity contribution in [1.29, 1.82) is 0 Å². The molecule has 0 saturated carbocycles. The maximum atomic E-state index is 6.43. The summed E-state index contributed by atoms with van der Waals surface area (Å²) in [6, 6.07) is 8.05. The van der Waals surface area contributed by atoms with Crippen LogP contribution in [0.3, 0.4) is 0 Å². The van der Waals surface area contributed by atoms with Crippen LogP contribution >= 0.6 is 50.5 Å². The topological polar surface area (TPSA) is 0 Å². The molecule has 1 heterocycles. The van der Waals surface area contributed by atoms with Crippen molar-refractivity contribution in [2.24, 2.45) is 0 Å². The molecule has 1 unspecified atom stereocenters. The number of alkyl halides is 1. The number of rotatable bonds is 2. The summed E-state index contributed by atoms with van der Waals surface area (Å²) < 4.78 is 1.04. The lowest BCUT2D eigenvalue weighted by Crippen LogP contribution is -1.92. The minimum absolute atomic E-state index is 0.177. The average Bonchev–Trinajstić information content (AvgIpc) is 2.62. The molecule has 0 aliphatic rings. The minimum atomic E-state index is -0.177. The normalized spacial score (nSPS) is 12.8. The monoisotopic (exact) mass is 334 g/mol. The number of thiophene rings is 1. The van der Waals surface area contributed by atoms with Crippen molar-refractivity contribution in [3.8, 4) is 0 Å². The molecular weight excluding hydrogens is 327 g/mol. The van der Waals surface area contributed by atoms with E-state index in [-0.39, 0.29) is 5.38 Å². The summed E-state index contributed by atoms with van der Waals surface area (Å²) in [5.74, 6) is 0. The largest absolute Gasteiger partial charge is 0.145 e. The minimum Gasteiger partial charge on any atom is -0.145 e. The van der Waals surface area contributed by atoms with E-state index in [9.17, 15) is 0 Å². The Morgan fingerprint density at radius 2 is 2.06 bits per heavy atom. The zero-order chi connectivity index (χ0) is 11.7. The van der Waals surface area contributed by atoms with Gasteiger partial charge in [-0.25, -0.2) is 0 Å². The third-order valence-electron chi connectivity index (χ3n) is 2.23. The fourth-order valence-corrected chi connectivity index (χ4v) is 3.80. The molecular formula is C12H9BrCl2S. The van der Waals surface area contributed by atoms with E-state index in [1.54, 1.807) is 11.3 Å². The zero-order valence-electron chi connectivity index (χ0n) is 8.51. The van der Waals surface area contributed by atoms with Crippen molar-refractivity contribution >= 4 is 50.5 Å². The Morgan fingerprint density at radius 1 is 1.31 bits per heavy atom. The van der Waals surface area contributed by atoms with Crippen molar-refractivity contribution in [1.82, 2.24) is 0 Å². The maximum absolute atomic E-state index is 6.43. The lowest BCUT2D eigenvalue weighted by atomic mass is 10.1. The van der Waals surface area contributed by atoms with Crippen LogP contribution in [0.2, 0.25) is 5.02 Å². The second-order valence-electron chi connectivity index (χ2n) is 3.56. The van der Waals surface area contributed by atoms with Crippen LogP contribution in [0, 0.1) is 6.92 Å². The molecule has 0 aliphatic carbocycles. The van der Waals surface area contributed by atoms with Gasteiger partial charge in [0.1, 0.15) is 0 Å². The van der Waals surface area contributed by atoms with Gasteiger partial charge in [0, 0.05) is 9.35 Å². The van der Waals surface area contributed by atoms with Crippen molar-refractivity contribution in [3.05, 3.63) is 55.1 Å². The molecule has 0 N–H and O–H groups in total. The van der Waals surface area contributed by atoms with Crippen molar-refractivity contribution in [2.45, 2.75) is 12.3 Å². The van der Waals surface area contributed by atoms with E-state index in [4.69, 9.17) is 23.2 Å². The smallest absolute Gasteiger partial charge is 0.0943 e. The van der Waals surface area contributed by atoms with Crippen molar-refractivity contribution in [2.75, 3.05) is 0 Å². The van der Waals surface area contributed by atoms with Crippen LogP contribution in [0.1, 0.15) is 21.4 Å². The second kappa shape index (κ2) is 5.09. The van der Waals surface area contributed by atoms with Gasteiger partial charge >= 0.3 is 0 Å². The van der Waals surface area contributed by atoms with E-state index in [1.807, 2.05) is 24.4 Å². The van der Waals surface area contributed by atoms with E-state index in [0.29, 0.717) is 0 Å². The first-order chi connectivity index (χ1) is 7.58. The Morgan fingerprint density at radius 3 is 2.62 bits per heavy atom. The highest BCUT2D eigenvalue weighted by Crippen LogP contribution is 2.38. The molecule has 0 amide bonds. The fraction of sp³-hybridized carbons (Fsp3) is 0.167. The molecule has 0 bridgehead atoms. The van der Waals surface area contributed by atoms with Gasteiger partial charge in [0.2, 0.25) is 0 Å². The Hall–Kier alpha value is -0.0200. The average molecular weight is 336 g/mol. The lowest BCUT2D eigenvalue weighted by molar-refractivity contribution is 1.17. The second-order valence-corrected chi connectivity index (χ2v) is 6.26. The van der Waals surface area contributed by atoms with E-state index in [2.05, 4.69) is 28.1 Å². The predicted octanol–water partition coefficient (Wildman–Crippen LogP) is 5.80. The van der Waals surface area contributed by atoms with Gasteiger partial charge in [-0.3, -0.25) is 0 Å². The summed E-state index contributed by atoms with van der Waals surface area (Å²) in [4.78, 5) is 1.00. The van der Waals surface area contributed by atoms with Crippen LogP contribution in [-0.2, 0) is 0 Å². The third-order valence-corrected chi connectivity index (χ3v) is 4.71. The molecule has 0 radical (unpaired) electrons. The first-order valence-corrected chi connectivity index (χ1v) is 7.20. The van der Waals surface area contributed by atoms with Crippen LogP contribution in [0.25, 0.3) is 0 Å². The molecule has 1 atom stereocenters. The molecule has 0 saturated heterocycles. The predicted molar refractivity (Wildman–Crippen MR) is 75.9 cm³/mol. The van der Waals surface area contributed by atoms with E-state index in [0.717, 1.165) is 19.9 Å². The Labute approximate surface area is 117 Å². The number of benzene rings is 1. The van der Waals surface area contributed by atoms with E-state index < -0.39 is 0 Å². The molecule has 16 heavy (non-hydrogen) atoms. The molecule has 2 aromatic rings. The van der Waals surface area contributed by atoms with Gasteiger partial charge in [-0.2, -0.15) is 0 Å². The van der Waals surface area contributed by atoms with Crippen LogP contribution in [0.5, 0.6) is 0 Å². The molecule has 1 aromatic carbocycles. The molecule has 0 fully saturated rings. The number of hydrogen-bond acceptors (Lipinski definition) is 1. The molecule has 0 spiro atoms. The summed E-state index contributed by atoms with van der Waals surface area (Å²) in [5, 5.41) is 2.52. The number of aryl methyl sites for hydroxylation is 1. The van der Waals surface area contributed by atoms with E-state index >= 15 is 0 Å². The van der Waals surface area contributed by atoms with Crippen LogP contribution in [0.15, 0.2) is 34.1 Å². The number of hydrogen-bond donors (Lipinski definition) is 0. The third kappa shape index (κ3) is 2.62. The first-order valence-electron chi connectivity index (χ1n) is 4.72. The quantitative estimate of drug-likeness (QED) is 0.608. The molecule has 2 rings (SSSR count). The lowest BCUT2D eigenvalue weighted by Gasteiger charge is -2.10. The molecule has 1 aromatic heterocycles. The Balaban J connectivity index is 2.41. The first kappa shape index (κ1) is 12.4. The van der Waals surface area contributed by atoms with Gasteiger partial charge in [0.25, 0.3) is 0 Å². The summed E-state index contributed by atoms with van der Waals surface area (Å²) in [7, 11) is 0. The SMILES string of the molecule is Cc1cc(Br)cc(C(Cl)c2sccc2Cl)c1. The van der Waals surface area contributed by atoms with Gasteiger partial charge < -0.3 is 0 Å². The van der Waals surface area contributed by atoms with Crippen LogP contribution in [0.4, 0.5) is 0 Å². The fourth-order valence-electron chi connectivity index (χ4n) is 1.55. The van der Waals surface area contributed by atoms with Crippen LogP contribution in [-0.4, -0.2) is 0 Å². The van der Waals surface area contributed by atoms with Crippen molar-refractivity contribution < 1.29 is 0 Å². The number of halogens is 3. The molecule has 0 nitrogen and oxygen atoms in total. The zero-order valence-corrected chi connectivity index (χ0v) is 12.4. The Bertz CT molecular complexity index is 487. The maximum Gasteiger partial charge on any atom is 0.0943 e. The van der Waals surface area contributed by atoms with Gasteiger partial charge in [-0.15, -0.1) is 22.9 Å². The molecule has 84 valence electrons. The summed E-state index contributed by atoms with van der Waals surface area (Å²) in [5.41, 5.74) is 2.25. The summed E-state index contributed by atoms with van der Waals surface area (Å²) in [6.07, 6.45) is 0. The highest BCUT2D eigenvalue weighted by molar-refractivity contribution is 9.10. The van der Waals surface area contributed by atoms with Crippen LogP contribution < -0.4 is 0 Å². The molecule has 4 heteroatoms. The Kier molecular flexibility index (Phi) is 3.96. The van der Waals surface area contributed by atoms with Gasteiger partial charge in [-0.1, -0.05) is 33.6 Å². The van der Waals surface area contributed by atoms with Gasteiger partial charge in [0.15, 0.2) is 0 Å². The highest BCUT2D eigenvalue weighted by atomic mass is 79.9. The van der Waals surface area contributed by atoms with Gasteiger partial charge in [0.05, 0.1) is 10.4 Å². The van der Waals surface area contributed by atoms with Gasteiger partial charge in [-0.05, 0) is 41.6 Å². The standard InChI is InChI=1S/C12H9BrCl2S/c1-7-4-8(6-9(13)5-7)11(15)12-10(14)2-3-16-12/h2-6,11H,1H3. The van der Waals surface area contributed by atoms with E-state index in [1.165, 1.54) is 5.56 Å². The highest BCUT2D eigenvalue weighted by Gasteiger charge is 2.16. The summed E-state index contributed by atoms with van der Waals surface area (Å²) in [6.45, 7) is 2.05. The van der Waals surface area contributed by atoms with Crippen molar-refractivity contribution in [3.63, 3.8) is 0 Å². The summed E-state index contributed by atoms with van der Waals surface area (Å²) >= 11 is 17.6. The molecule has 0 aliphatic heterocycles.